The van der Waals surface area contributed by atoms with Crippen molar-refractivity contribution in [3.63, 3.8) is 0 Å². The fourth-order valence-corrected chi connectivity index (χ4v) is 2.09. The van der Waals surface area contributed by atoms with Crippen LogP contribution in [0.5, 0.6) is 0 Å². The summed E-state index contributed by atoms with van der Waals surface area (Å²) >= 11 is 0. The maximum Gasteiger partial charge on any atom is 0.246 e. The van der Waals surface area contributed by atoms with Crippen LogP contribution in [0.1, 0.15) is 43.0 Å². The number of ketones is 1. The molecule has 0 aromatic heterocycles. The van der Waals surface area contributed by atoms with Crippen molar-refractivity contribution in [2.24, 2.45) is 0 Å². The number of carbonyl (C=O) groups excluding carboxylic acids is 2. The quantitative estimate of drug-likeness (QED) is 0.447. The van der Waals surface area contributed by atoms with Gasteiger partial charge in [0.15, 0.2) is 12.1 Å². The maximum absolute atomic E-state index is 11.6. The zero-order chi connectivity index (χ0) is 13.8. The maximum atomic E-state index is 11.6. The van der Waals surface area contributed by atoms with E-state index in [2.05, 4.69) is 21.9 Å². The lowest BCUT2D eigenvalue weighted by molar-refractivity contribution is -0.104. The molecule has 100 valence electrons. The Hall–Kier alpha value is -2.11. The third kappa shape index (κ3) is 2.38. The number of aromatic nitrogens is 4. The topological polar surface area (TPSA) is 77.7 Å². The number of rotatable bonds is 6. The first kappa shape index (κ1) is 13.3. The Morgan fingerprint density at radius 3 is 2.74 bits per heavy atom. The van der Waals surface area contributed by atoms with Gasteiger partial charge >= 0.3 is 0 Å². The summed E-state index contributed by atoms with van der Waals surface area (Å²) in [7, 11) is 0. The molecular formula is C13H16N4O2. The van der Waals surface area contributed by atoms with Gasteiger partial charge in [-0.3, -0.25) is 9.59 Å². The van der Waals surface area contributed by atoms with Crippen molar-refractivity contribution in [1.82, 2.24) is 19.5 Å². The van der Waals surface area contributed by atoms with Crippen LogP contribution in [0.15, 0.2) is 6.33 Å². The van der Waals surface area contributed by atoms with E-state index in [4.69, 9.17) is 0 Å². The molecule has 0 bridgehead atoms. The highest BCUT2D eigenvalue weighted by Crippen LogP contribution is 2.23. The molecule has 0 amide bonds. The summed E-state index contributed by atoms with van der Waals surface area (Å²) in [6.07, 6.45) is 4.26. The van der Waals surface area contributed by atoms with Gasteiger partial charge in [0.1, 0.15) is 23.5 Å². The zero-order valence-corrected chi connectivity index (χ0v) is 11.1. The Morgan fingerprint density at radius 2 is 2.11 bits per heavy atom. The Balaban J connectivity index is 2.66. The lowest BCUT2D eigenvalue weighted by Crippen LogP contribution is -2.18. The van der Waals surface area contributed by atoms with Crippen molar-refractivity contribution in [2.45, 2.75) is 39.7 Å². The van der Waals surface area contributed by atoms with E-state index in [1.54, 1.807) is 0 Å². The van der Waals surface area contributed by atoms with E-state index in [0.29, 0.717) is 11.5 Å². The number of nitrogens with zero attached hydrogens (tertiary/aromatic N) is 4. The molecule has 0 spiro atoms. The number of fused-ring (bicyclic) bond motifs is 1. The summed E-state index contributed by atoms with van der Waals surface area (Å²) in [6, 6.07) is 0. The highest BCUT2D eigenvalue weighted by Gasteiger charge is 2.24. The summed E-state index contributed by atoms with van der Waals surface area (Å²) in [6.45, 7) is 4.88. The predicted octanol–water partition coefficient (Wildman–Crippen LogP) is 1.52. The highest BCUT2D eigenvalue weighted by atomic mass is 16.2. The molecule has 19 heavy (non-hydrogen) atoms. The van der Waals surface area contributed by atoms with Crippen molar-refractivity contribution >= 4 is 12.1 Å². The Morgan fingerprint density at radius 1 is 1.32 bits per heavy atom. The van der Waals surface area contributed by atoms with Crippen molar-refractivity contribution < 1.29 is 9.59 Å². The van der Waals surface area contributed by atoms with Crippen LogP contribution in [0, 0.1) is 0 Å². The summed E-state index contributed by atoms with van der Waals surface area (Å²) in [4.78, 5) is 34.9. The van der Waals surface area contributed by atoms with Crippen LogP contribution < -0.4 is 0 Å². The van der Waals surface area contributed by atoms with Crippen LogP contribution in [0.2, 0.25) is 0 Å². The fraction of sp³-hybridized carbons (Fsp3) is 0.462. The molecule has 0 aromatic rings. The van der Waals surface area contributed by atoms with Gasteiger partial charge in [0.25, 0.3) is 0 Å². The van der Waals surface area contributed by atoms with Crippen LogP contribution in [0.25, 0.3) is 11.5 Å². The van der Waals surface area contributed by atoms with E-state index in [1.807, 2.05) is 11.5 Å². The molecule has 2 aliphatic rings. The van der Waals surface area contributed by atoms with Gasteiger partial charge in [-0.2, -0.15) is 0 Å². The van der Waals surface area contributed by atoms with Gasteiger partial charge in [-0.25, -0.2) is 15.0 Å². The van der Waals surface area contributed by atoms with Gasteiger partial charge in [0.05, 0.1) is 0 Å². The summed E-state index contributed by atoms with van der Waals surface area (Å²) < 4.78 is 1.98. The molecule has 0 N–H and O–H groups in total. The fourth-order valence-electron chi connectivity index (χ4n) is 2.09. The minimum atomic E-state index is -0.647. The van der Waals surface area contributed by atoms with Gasteiger partial charge < -0.3 is 4.57 Å². The molecule has 0 aliphatic carbocycles. The molecule has 6 nitrogen and oxygen atoms in total. The van der Waals surface area contributed by atoms with Crippen LogP contribution in [0.3, 0.4) is 0 Å². The number of hydrogen-bond donors (Lipinski definition) is 0. The highest BCUT2D eigenvalue weighted by molar-refractivity contribution is 6.33. The first-order chi connectivity index (χ1) is 9.22. The molecule has 0 saturated heterocycles. The largest absolute Gasteiger partial charge is 0.313 e. The van der Waals surface area contributed by atoms with Crippen LogP contribution >= 0.6 is 0 Å². The zero-order valence-electron chi connectivity index (χ0n) is 11.1. The summed E-state index contributed by atoms with van der Waals surface area (Å²) in [5.74, 6) is 0.763. The molecule has 0 fully saturated rings. The smallest absolute Gasteiger partial charge is 0.246 e. The van der Waals surface area contributed by atoms with Crippen molar-refractivity contribution in [3.8, 4) is 11.5 Å². The second kappa shape index (κ2) is 5.69. The Bertz CT molecular complexity index is 576. The number of Topliss-reactive ketones (excluding diaryl/α,β-unsaturated/α-hetero) is 1. The molecule has 2 aliphatic heterocycles. The number of aryl methyl sites for hydroxylation is 1. The number of aldehydes is 1. The van der Waals surface area contributed by atoms with Crippen LogP contribution in [0.4, 0.5) is 0 Å². The first-order valence-corrected chi connectivity index (χ1v) is 6.42. The third-order valence-electron chi connectivity index (χ3n) is 2.87. The molecule has 2 heterocycles. The second-order valence-electron chi connectivity index (χ2n) is 4.31. The number of hydrogen-bond acceptors (Lipinski definition) is 5. The standard InChI is InChI=1S/C13H16N4O2/c1-3-5-10-16-11(9(19)7-18)12-13(15-8-14-12)17(10)6-4-2/h7-8H,3-6H2,1-2H3. The number of imidazole rings is 1. The van der Waals surface area contributed by atoms with Crippen molar-refractivity contribution in [1.29, 1.82) is 0 Å². The normalized spacial score (nSPS) is 10.8. The second-order valence-corrected chi connectivity index (χ2v) is 4.31. The van der Waals surface area contributed by atoms with Gasteiger partial charge in [-0.1, -0.05) is 13.8 Å². The molecule has 0 saturated carbocycles. The number of carbonyl (C=O) groups is 2. The molecule has 0 radical (unpaired) electrons. The van der Waals surface area contributed by atoms with E-state index >= 15 is 0 Å². The Labute approximate surface area is 111 Å². The van der Waals surface area contributed by atoms with Crippen molar-refractivity contribution in [2.75, 3.05) is 0 Å². The minimum Gasteiger partial charge on any atom is -0.313 e. The molecule has 0 aromatic carbocycles. The van der Waals surface area contributed by atoms with E-state index in [-0.39, 0.29) is 12.0 Å². The molecule has 0 unspecified atom stereocenters. The SMILES string of the molecule is CCCc1nc(C(=O)C=O)c2ncnc-2n1CCC. The average Bonchev–Trinajstić information content (AvgIpc) is 2.89. The van der Waals surface area contributed by atoms with E-state index in [9.17, 15) is 9.59 Å². The van der Waals surface area contributed by atoms with E-state index < -0.39 is 5.78 Å². The van der Waals surface area contributed by atoms with Gasteiger partial charge in [0, 0.05) is 13.0 Å². The van der Waals surface area contributed by atoms with E-state index in [0.717, 1.165) is 31.6 Å². The molecule has 0 atom stereocenters. The van der Waals surface area contributed by atoms with Crippen LogP contribution in [-0.4, -0.2) is 31.6 Å². The summed E-state index contributed by atoms with van der Waals surface area (Å²) in [5, 5.41) is 0. The molecular weight excluding hydrogens is 244 g/mol. The first-order valence-electron chi connectivity index (χ1n) is 6.42. The molecule has 2 rings (SSSR count). The predicted molar refractivity (Wildman–Crippen MR) is 69.1 cm³/mol. The average molecular weight is 260 g/mol. The minimum absolute atomic E-state index is 0.110. The monoisotopic (exact) mass is 260 g/mol. The van der Waals surface area contributed by atoms with Gasteiger partial charge in [-0.15, -0.1) is 0 Å². The van der Waals surface area contributed by atoms with Crippen molar-refractivity contribution in [3.05, 3.63) is 17.8 Å². The van der Waals surface area contributed by atoms with Crippen LogP contribution in [-0.2, 0) is 17.8 Å². The third-order valence-corrected chi connectivity index (χ3v) is 2.87. The van der Waals surface area contributed by atoms with E-state index in [1.165, 1.54) is 6.33 Å². The van der Waals surface area contributed by atoms with Gasteiger partial charge in [-0.05, 0) is 12.8 Å². The van der Waals surface area contributed by atoms with Gasteiger partial charge in [0.2, 0.25) is 5.78 Å². The Kier molecular flexibility index (Phi) is 3.99. The lowest BCUT2D eigenvalue weighted by atomic mass is 10.2. The lowest BCUT2D eigenvalue weighted by Gasteiger charge is -2.16. The summed E-state index contributed by atoms with van der Waals surface area (Å²) in [5.41, 5.74) is 0.517. The molecule has 6 heteroatoms.